The van der Waals surface area contributed by atoms with Crippen LogP contribution in [0.4, 0.5) is 0 Å². The highest BCUT2D eigenvalue weighted by molar-refractivity contribution is 14.0. The van der Waals surface area contributed by atoms with E-state index in [9.17, 15) is 4.79 Å². The van der Waals surface area contributed by atoms with E-state index < -0.39 is 5.91 Å². The molecule has 0 aliphatic rings. The summed E-state index contributed by atoms with van der Waals surface area (Å²) in [5, 5.41) is 7.41. The van der Waals surface area contributed by atoms with Crippen molar-refractivity contribution >= 4 is 47.2 Å². The number of carbonyl (C=O) groups is 1. The predicted octanol–water partition coefficient (Wildman–Crippen LogP) is 2.66. The average molecular weight is 448 g/mol. The van der Waals surface area contributed by atoms with Crippen LogP contribution < -0.4 is 11.1 Å². The van der Waals surface area contributed by atoms with Gasteiger partial charge in [0.25, 0.3) is 5.91 Å². The van der Waals surface area contributed by atoms with Gasteiger partial charge in [0, 0.05) is 20.1 Å². The van der Waals surface area contributed by atoms with Gasteiger partial charge in [-0.15, -0.1) is 24.0 Å². The minimum absolute atomic E-state index is 0. The molecule has 8 heteroatoms. The molecule has 2 heterocycles. The molecular formula is C15H21IN4O2S. The second-order valence-corrected chi connectivity index (χ2v) is 5.57. The van der Waals surface area contributed by atoms with Crippen LogP contribution in [0.3, 0.4) is 0 Å². The van der Waals surface area contributed by atoms with E-state index in [-0.39, 0.29) is 29.7 Å². The fraction of sp³-hybridized carbons (Fsp3) is 0.333. The smallest absolute Gasteiger partial charge is 0.284 e. The van der Waals surface area contributed by atoms with Crippen molar-refractivity contribution in [2.24, 2.45) is 10.7 Å². The summed E-state index contributed by atoms with van der Waals surface area (Å²) in [6, 6.07) is 5.37. The van der Waals surface area contributed by atoms with Gasteiger partial charge in [0.15, 0.2) is 11.7 Å². The van der Waals surface area contributed by atoms with Gasteiger partial charge >= 0.3 is 0 Å². The van der Waals surface area contributed by atoms with E-state index in [1.54, 1.807) is 23.5 Å². The number of primary amides is 1. The minimum Gasteiger partial charge on any atom is -0.454 e. The zero-order valence-electron chi connectivity index (χ0n) is 13.1. The average Bonchev–Trinajstić information content (AvgIpc) is 3.14. The fourth-order valence-corrected chi connectivity index (χ4v) is 2.61. The summed E-state index contributed by atoms with van der Waals surface area (Å²) in [5.74, 6) is 0.970. The van der Waals surface area contributed by atoms with E-state index >= 15 is 0 Å². The van der Waals surface area contributed by atoms with Crippen LogP contribution in [0.1, 0.15) is 28.8 Å². The number of nitrogens with two attached hydrogens (primary N) is 1. The summed E-state index contributed by atoms with van der Waals surface area (Å²) in [5.41, 5.74) is 6.41. The van der Waals surface area contributed by atoms with Crippen molar-refractivity contribution in [1.82, 2.24) is 10.2 Å². The monoisotopic (exact) mass is 448 g/mol. The Hall–Kier alpha value is -1.55. The van der Waals surface area contributed by atoms with Gasteiger partial charge < -0.3 is 20.4 Å². The molecular weight excluding hydrogens is 427 g/mol. The highest BCUT2D eigenvalue weighted by Crippen LogP contribution is 2.10. The Morgan fingerprint density at radius 1 is 1.43 bits per heavy atom. The van der Waals surface area contributed by atoms with Crippen LogP contribution in [0, 0.1) is 0 Å². The molecule has 2 aromatic heterocycles. The van der Waals surface area contributed by atoms with Crippen molar-refractivity contribution < 1.29 is 9.21 Å². The molecule has 2 rings (SSSR count). The highest BCUT2D eigenvalue weighted by Gasteiger charge is 2.09. The van der Waals surface area contributed by atoms with Gasteiger partial charge in [0.2, 0.25) is 0 Å². The molecule has 0 aliphatic carbocycles. The summed E-state index contributed by atoms with van der Waals surface area (Å²) < 4.78 is 5.33. The van der Waals surface area contributed by atoms with Crippen LogP contribution in [0.2, 0.25) is 0 Å². The van der Waals surface area contributed by atoms with Crippen molar-refractivity contribution in [3.8, 4) is 0 Å². The quantitative estimate of drug-likeness (QED) is 0.405. The van der Waals surface area contributed by atoms with Crippen molar-refractivity contribution in [2.45, 2.75) is 20.0 Å². The first-order valence-corrected chi connectivity index (χ1v) is 7.93. The molecule has 126 valence electrons. The van der Waals surface area contributed by atoms with Gasteiger partial charge in [-0.25, -0.2) is 4.99 Å². The molecule has 0 aliphatic heterocycles. The van der Waals surface area contributed by atoms with Crippen molar-refractivity contribution in [3.63, 3.8) is 0 Å². The standard InChI is InChI=1S/C15H20N4O2S.HI/c1-3-17-15(19(2)9-11-6-7-22-10-11)18-8-12-4-5-13(21-12)14(16)20;/h4-7,10H,3,8-9H2,1-2H3,(H2,16,20)(H,17,18);1H. The second kappa shape index (κ2) is 9.56. The number of rotatable bonds is 6. The first-order chi connectivity index (χ1) is 10.6. The molecule has 0 atom stereocenters. The fourth-order valence-electron chi connectivity index (χ4n) is 1.95. The zero-order valence-corrected chi connectivity index (χ0v) is 16.3. The van der Waals surface area contributed by atoms with Crippen LogP contribution in [0.15, 0.2) is 38.4 Å². The van der Waals surface area contributed by atoms with Crippen molar-refractivity contribution in [1.29, 1.82) is 0 Å². The third-order valence-corrected chi connectivity index (χ3v) is 3.72. The molecule has 3 N–H and O–H groups in total. The Balaban J connectivity index is 0.00000264. The predicted molar refractivity (Wildman–Crippen MR) is 103 cm³/mol. The van der Waals surface area contributed by atoms with Gasteiger partial charge in [0.05, 0.1) is 0 Å². The number of guanidine groups is 1. The van der Waals surface area contributed by atoms with E-state index in [2.05, 4.69) is 27.1 Å². The number of carbonyl (C=O) groups excluding carboxylic acids is 1. The zero-order chi connectivity index (χ0) is 15.9. The maximum absolute atomic E-state index is 11.0. The molecule has 0 saturated heterocycles. The molecule has 0 unspecified atom stereocenters. The van der Waals surface area contributed by atoms with Crippen LogP contribution in [0.5, 0.6) is 0 Å². The number of halogens is 1. The highest BCUT2D eigenvalue weighted by atomic mass is 127. The summed E-state index contributed by atoms with van der Waals surface area (Å²) >= 11 is 1.68. The number of amides is 1. The number of nitrogens with one attached hydrogen (secondary N) is 1. The van der Waals surface area contributed by atoms with E-state index in [1.807, 2.05) is 18.9 Å². The molecule has 0 bridgehead atoms. The van der Waals surface area contributed by atoms with Gasteiger partial charge in [-0.1, -0.05) is 0 Å². The van der Waals surface area contributed by atoms with Crippen LogP contribution in [0.25, 0.3) is 0 Å². The van der Waals surface area contributed by atoms with Crippen LogP contribution >= 0.6 is 35.3 Å². The lowest BCUT2D eigenvalue weighted by atomic mass is 10.3. The Bertz CT molecular complexity index is 640. The molecule has 6 nitrogen and oxygen atoms in total. The Kier molecular flexibility index (Phi) is 8.10. The first-order valence-electron chi connectivity index (χ1n) is 6.99. The van der Waals surface area contributed by atoms with E-state index in [4.69, 9.17) is 10.2 Å². The van der Waals surface area contributed by atoms with Gasteiger partial charge in [-0.3, -0.25) is 4.79 Å². The van der Waals surface area contributed by atoms with E-state index in [0.29, 0.717) is 12.3 Å². The second-order valence-electron chi connectivity index (χ2n) is 4.79. The molecule has 23 heavy (non-hydrogen) atoms. The summed E-state index contributed by atoms with van der Waals surface area (Å²) in [7, 11) is 1.98. The number of furan rings is 1. The number of nitrogens with zero attached hydrogens (tertiary/aromatic N) is 2. The summed E-state index contributed by atoms with van der Waals surface area (Å²) in [4.78, 5) is 17.6. The Morgan fingerprint density at radius 2 is 2.22 bits per heavy atom. The molecule has 0 aromatic carbocycles. The lowest BCUT2D eigenvalue weighted by molar-refractivity contribution is 0.0972. The lowest BCUT2D eigenvalue weighted by Crippen LogP contribution is -2.38. The maximum Gasteiger partial charge on any atom is 0.284 e. The third kappa shape index (κ3) is 5.87. The SMILES string of the molecule is CCNC(=NCc1ccc(C(N)=O)o1)N(C)Cc1ccsc1.I. The molecule has 0 radical (unpaired) electrons. The van der Waals surface area contributed by atoms with Crippen LogP contribution in [-0.2, 0) is 13.1 Å². The topological polar surface area (TPSA) is 83.9 Å². The Morgan fingerprint density at radius 3 is 2.78 bits per heavy atom. The number of hydrogen-bond donors (Lipinski definition) is 2. The number of aliphatic imine (C=N–C) groups is 1. The third-order valence-electron chi connectivity index (χ3n) is 2.99. The van der Waals surface area contributed by atoms with Crippen molar-refractivity contribution in [3.05, 3.63) is 46.0 Å². The first kappa shape index (κ1) is 19.5. The Labute approximate surface area is 156 Å². The van der Waals surface area contributed by atoms with E-state index in [0.717, 1.165) is 19.0 Å². The normalized spacial score (nSPS) is 11.0. The molecule has 1 amide bonds. The summed E-state index contributed by atoms with van der Waals surface area (Å²) in [6.45, 7) is 3.92. The minimum atomic E-state index is -0.572. The lowest BCUT2D eigenvalue weighted by Gasteiger charge is -2.21. The van der Waals surface area contributed by atoms with E-state index in [1.165, 1.54) is 5.56 Å². The number of hydrogen-bond acceptors (Lipinski definition) is 4. The molecule has 0 fully saturated rings. The van der Waals surface area contributed by atoms with Gasteiger partial charge in [0.1, 0.15) is 12.3 Å². The number of thiophene rings is 1. The summed E-state index contributed by atoms with van der Waals surface area (Å²) in [6.07, 6.45) is 0. The largest absolute Gasteiger partial charge is 0.454 e. The molecule has 0 saturated carbocycles. The van der Waals surface area contributed by atoms with Gasteiger partial charge in [-0.2, -0.15) is 11.3 Å². The van der Waals surface area contributed by atoms with Crippen molar-refractivity contribution in [2.75, 3.05) is 13.6 Å². The van der Waals surface area contributed by atoms with Crippen LogP contribution in [-0.4, -0.2) is 30.4 Å². The van der Waals surface area contributed by atoms with Gasteiger partial charge in [-0.05, 0) is 41.4 Å². The molecule has 2 aromatic rings. The maximum atomic E-state index is 11.0. The molecule has 0 spiro atoms.